The van der Waals surface area contributed by atoms with Crippen molar-refractivity contribution in [3.63, 3.8) is 0 Å². The summed E-state index contributed by atoms with van der Waals surface area (Å²) in [5.41, 5.74) is -1.60. The molecule has 1 saturated carbocycles. The number of carbonyl (C=O) groups excluding carboxylic acids is 6. The molecule has 0 bridgehead atoms. The monoisotopic (exact) mass is 816 g/mol. The summed E-state index contributed by atoms with van der Waals surface area (Å²) < 4.78 is 22.5. The number of carbonyl (C=O) groups is 6. The molecular formula is C44H40N4O12. The quantitative estimate of drug-likeness (QED) is 0.0964. The maximum Gasteiger partial charge on any atom is 0.348 e. The van der Waals surface area contributed by atoms with Crippen molar-refractivity contribution >= 4 is 35.6 Å². The van der Waals surface area contributed by atoms with Crippen LogP contribution in [0.2, 0.25) is 0 Å². The summed E-state index contributed by atoms with van der Waals surface area (Å²) in [5, 5.41) is 32.5. The van der Waals surface area contributed by atoms with Gasteiger partial charge in [0.2, 0.25) is 0 Å². The van der Waals surface area contributed by atoms with E-state index in [1.807, 2.05) is 12.1 Å². The van der Waals surface area contributed by atoms with E-state index < -0.39 is 70.4 Å². The van der Waals surface area contributed by atoms with Crippen LogP contribution in [0.3, 0.4) is 0 Å². The molecule has 2 spiro atoms. The van der Waals surface area contributed by atoms with Crippen LogP contribution in [0.5, 0.6) is 0 Å². The SMILES string of the molecule is CC1(c2ccccc2)NC(=O)C(=C/C=C/C=C/C2=C(O)OC3(CCC4(CC3)OC(=O)C(/C=C/C=C/C=C3C(=O)NC(C)(c5ccccc5)NC3=O)=C(O)O4)OC2=O)C(=O)N1. The molecule has 16 heteroatoms. The second-order valence-electron chi connectivity index (χ2n) is 14.7. The van der Waals surface area contributed by atoms with Gasteiger partial charge in [0.15, 0.2) is 0 Å². The molecule has 3 fully saturated rings. The summed E-state index contributed by atoms with van der Waals surface area (Å²) in [7, 11) is 0. The molecule has 0 atom stereocenters. The number of hydrogen-bond donors (Lipinski definition) is 6. The minimum atomic E-state index is -1.60. The molecule has 308 valence electrons. The molecule has 7 rings (SSSR count). The third-order valence-electron chi connectivity index (χ3n) is 10.4. The van der Waals surface area contributed by atoms with Gasteiger partial charge in [-0.15, -0.1) is 0 Å². The molecule has 2 aromatic rings. The highest BCUT2D eigenvalue weighted by atomic mass is 16.8. The molecule has 4 heterocycles. The lowest BCUT2D eigenvalue weighted by Gasteiger charge is -2.46. The Morgan fingerprint density at radius 2 is 0.817 bits per heavy atom. The van der Waals surface area contributed by atoms with Gasteiger partial charge in [-0.05, 0) is 49.3 Å². The zero-order chi connectivity index (χ0) is 42.7. The van der Waals surface area contributed by atoms with Crippen LogP contribution in [-0.4, -0.2) is 57.4 Å². The lowest BCUT2D eigenvalue weighted by molar-refractivity contribution is -0.302. The van der Waals surface area contributed by atoms with E-state index in [9.17, 15) is 39.0 Å². The maximum absolute atomic E-state index is 13.0. The molecule has 2 aromatic carbocycles. The summed E-state index contributed by atoms with van der Waals surface area (Å²) in [6.45, 7) is 3.36. The summed E-state index contributed by atoms with van der Waals surface area (Å²) in [4.78, 5) is 77.0. The number of allylic oxidation sites excluding steroid dienone is 8. The number of amides is 4. The first-order valence-electron chi connectivity index (χ1n) is 18.9. The topological polar surface area (TPSA) is 228 Å². The number of aliphatic hydroxyl groups is 2. The average Bonchev–Trinajstić information content (AvgIpc) is 3.20. The van der Waals surface area contributed by atoms with Crippen LogP contribution in [0.4, 0.5) is 0 Å². The van der Waals surface area contributed by atoms with Gasteiger partial charge in [-0.1, -0.05) is 97.1 Å². The van der Waals surface area contributed by atoms with Gasteiger partial charge in [0.05, 0.1) is 0 Å². The zero-order valence-corrected chi connectivity index (χ0v) is 32.4. The molecule has 60 heavy (non-hydrogen) atoms. The van der Waals surface area contributed by atoms with E-state index in [4.69, 9.17) is 18.9 Å². The van der Waals surface area contributed by atoms with Crippen molar-refractivity contribution in [1.82, 2.24) is 21.3 Å². The number of nitrogens with one attached hydrogen (secondary N) is 4. The van der Waals surface area contributed by atoms with E-state index in [1.165, 1.54) is 60.8 Å². The Morgan fingerprint density at radius 3 is 1.13 bits per heavy atom. The van der Waals surface area contributed by atoms with Crippen LogP contribution in [0, 0.1) is 0 Å². The highest BCUT2D eigenvalue weighted by molar-refractivity contribution is 6.21. The Hall–Kier alpha value is -7.62. The fourth-order valence-electron chi connectivity index (χ4n) is 7.14. The third kappa shape index (κ3) is 8.20. The van der Waals surface area contributed by atoms with Gasteiger partial charge in [-0.3, -0.25) is 19.2 Å². The van der Waals surface area contributed by atoms with Crippen LogP contribution in [0.25, 0.3) is 0 Å². The van der Waals surface area contributed by atoms with Gasteiger partial charge < -0.3 is 50.4 Å². The first kappa shape index (κ1) is 40.6. The van der Waals surface area contributed by atoms with Gasteiger partial charge in [0, 0.05) is 25.7 Å². The second kappa shape index (κ2) is 16.0. The Balaban J connectivity index is 0.917. The van der Waals surface area contributed by atoms with Crippen molar-refractivity contribution in [2.45, 2.75) is 62.4 Å². The zero-order valence-electron chi connectivity index (χ0n) is 32.4. The second-order valence-corrected chi connectivity index (χ2v) is 14.7. The van der Waals surface area contributed by atoms with Crippen LogP contribution in [-0.2, 0) is 59.0 Å². The van der Waals surface area contributed by atoms with E-state index >= 15 is 0 Å². The molecule has 16 nitrogen and oxygen atoms in total. The summed E-state index contributed by atoms with van der Waals surface area (Å²) in [6.07, 6.45) is 13.2. The Morgan fingerprint density at radius 1 is 0.483 bits per heavy atom. The standard InChI is InChI=1S/C44H40N4O12/c1-41(27-15-7-3-8-16-27)45-33(49)29(34(50)46-41)19-11-5-13-21-31-37(53)57-43(58-38(31)54)23-25-44(26-24-43)59-39(55)32(40(56)60-44)22-14-6-12-20-30-35(51)47-42(2,48-36(30)52)28-17-9-4-10-18-28/h3-22,53,55H,23-26H2,1-2H3,(H,45,49)(H,46,50)(H,47,51)(H,48,52)/b11-5+,12-6+,21-13+,22-14+,29-19?,30-20?. The van der Waals surface area contributed by atoms with E-state index in [0.717, 1.165) is 0 Å². The Kier molecular flexibility index (Phi) is 10.8. The van der Waals surface area contributed by atoms with Gasteiger partial charge in [0.25, 0.3) is 47.1 Å². The molecule has 1 aliphatic carbocycles. The minimum Gasteiger partial charge on any atom is -0.480 e. The molecule has 0 unspecified atom stereocenters. The fraction of sp³-hybridized carbons (Fsp3) is 0.227. The smallest absolute Gasteiger partial charge is 0.348 e. The minimum absolute atomic E-state index is 0.0739. The number of benzene rings is 2. The Bertz CT molecular complexity index is 2190. The van der Waals surface area contributed by atoms with Crippen molar-refractivity contribution in [1.29, 1.82) is 0 Å². The van der Waals surface area contributed by atoms with Gasteiger partial charge in [-0.25, -0.2) is 9.59 Å². The van der Waals surface area contributed by atoms with Gasteiger partial charge >= 0.3 is 11.9 Å². The number of rotatable bonds is 8. The van der Waals surface area contributed by atoms with E-state index in [1.54, 1.807) is 62.4 Å². The number of esters is 2. The Labute approximate surface area is 343 Å². The molecule has 4 amide bonds. The predicted molar refractivity (Wildman–Crippen MR) is 210 cm³/mol. The summed E-state index contributed by atoms with van der Waals surface area (Å²) in [5.74, 6) is -8.67. The highest BCUT2D eigenvalue weighted by Crippen LogP contribution is 2.46. The van der Waals surface area contributed by atoms with Crippen molar-refractivity contribution < 1.29 is 57.9 Å². The van der Waals surface area contributed by atoms with Gasteiger partial charge in [-0.2, -0.15) is 0 Å². The van der Waals surface area contributed by atoms with Crippen LogP contribution in [0.15, 0.2) is 156 Å². The maximum atomic E-state index is 13.0. The van der Waals surface area contributed by atoms with Crippen LogP contribution >= 0.6 is 0 Å². The first-order chi connectivity index (χ1) is 28.6. The molecule has 2 saturated heterocycles. The number of hydrogen-bond acceptors (Lipinski definition) is 12. The van der Waals surface area contributed by atoms with Crippen molar-refractivity contribution in [2.24, 2.45) is 0 Å². The van der Waals surface area contributed by atoms with Crippen LogP contribution in [0.1, 0.15) is 50.7 Å². The summed E-state index contributed by atoms with van der Waals surface area (Å²) in [6, 6.07) is 18.0. The van der Waals surface area contributed by atoms with Gasteiger partial charge in [0.1, 0.15) is 33.6 Å². The molecule has 0 radical (unpaired) electrons. The third-order valence-corrected chi connectivity index (χ3v) is 10.4. The molecule has 6 N–H and O–H groups in total. The molecular weight excluding hydrogens is 777 g/mol. The van der Waals surface area contributed by atoms with Crippen molar-refractivity contribution in [3.05, 3.63) is 167 Å². The molecule has 4 aliphatic heterocycles. The van der Waals surface area contributed by atoms with Crippen molar-refractivity contribution in [2.75, 3.05) is 0 Å². The lowest BCUT2D eigenvalue weighted by atomic mass is 9.87. The average molecular weight is 817 g/mol. The lowest BCUT2D eigenvalue weighted by Crippen LogP contribution is -2.62. The number of ether oxygens (including phenoxy) is 4. The van der Waals surface area contributed by atoms with E-state index in [2.05, 4.69) is 21.3 Å². The van der Waals surface area contributed by atoms with E-state index in [-0.39, 0.29) is 48.0 Å². The molecule has 5 aliphatic rings. The van der Waals surface area contributed by atoms with E-state index in [0.29, 0.717) is 11.1 Å². The number of aliphatic hydroxyl groups excluding tert-OH is 2. The normalized spacial score (nSPS) is 28.4. The summed E-state index contributed by atoms with van der Waals surface area (Å²) >= 11 is 0. The highest BCUT2D eigenvalue weighted by Gasteiger charge is 2.55. The largest absolute Gasteiger partial charge is 0.480 e. The molecule has 0 aromatic heterocycles. The predicted octanol–water partition coefficient (Wildman–Crippen LogP) is 3.95. The first-order valence-corrected chi connectivity index (χ1v) is 18.9. The van der Waals surface area contributed by atoms with Crippen LogP contribution < -0.4 is 21.3 Å². The van der Waals surface area contributed by atoms with Crippen molar-refractivity contribution in [3.8, 4) is 0 Å². The fourth-order valence-corrected chi connectivity index (χ4v) is 7.14.